The molecule has 3 heterocycles. The smallest absolute Gasteiger partial charge is 0.339 e. The highest BCUT2D eigenvalue weighted by molar-refractivity contribution is 5.94. The first-order chi connectivity index (χ1) is 10.2. The van der Waals surface area contributed by atoms with Crippen molar-refractivity contribution in [2.75, 3.05) is 37.6 Å². The third-order valence-corrected chi connectivity index (χ3v) is 4.70. The minimum Gasteiger partial charge on any atom is -0.478 e. The van der Waals surface area contributed by atoms with Gasteiger partial charge in [0.15, 0.2) is 0 Å². The van der Waals surface area contributed by atoms with Crippen molar-refractivity contribution in [2.24, 2.45) is 5.92 Å². The van der Waals surface area contributed by atoms with Crippen LogP contribution >= 0.6 is 0 Å². The van der Waals surface area contributed by atoms with Crippen LogP contribution in [0.3, 0.4) is 0 Å². The molecule has 0 unspecified atom stereocenters. The van der Waals surface area contributed by atoms with Crippen molar-refractivity contribution in [2.45, 2.75) is 25.7 Å². The monoisotopic (exact) mass is 289 g/mol. The van der Waals surface area contributed by atoms with E-state index in [2.05, 4.69) is 14.8 Å². The van der Waals surface area contributed by atoms with Gasteiger partial charge in [0, 0.05) is 32.0 Å². The van der Waals surface area contributed by atoms with Gasteiger partial charge < -0.3 is 14.9 Å². The van der Waals surface area contributed by atoms with Crippen LogP contribution in [0.5, 0.6) is 0 Å². The van der Waals surface area contributed by atoms with Crippen molar-refractivity contribution in [1.82, 2.24) is 9.88 Å². The first-order valence-corrected chi connectivity index (χ1v) is 7.88. The summed E-state index contributed by atoms with van der Waals surface area (Å²) in [7, 11) is 0. The summed E-state index contributed by atoms with van der Waals surface area (Å²) in [4.78, 5) is 20.0. The first-order valence-electron chi connectivity index (χ1n) is 7.88. The maximum absolute atomic E-state index is 11.3. The molecule has 1 N–H and O–H groups in total. The van der Waals surface area contributed by atoms with Gasteiger partial charge in [-0.15, -0.1) is 0 Å². The van der Waals surface area contributed by atoms with Gasteiger partial charge in [0.2, 0.25) is 0 Å². The molecule has 1 aromatic rings. The molecule has 0 amide bonds. The number of anilines is 1. The number of aromatic carboxylic acids is 1. The Kier molecular flexibility index (Phi) is 4.39. The largest absolute Gasteiger partial charge is 0.478 e. The van der Waals surface area contributed by atoms with Crippen LogP contribution in [-0.2, 0) is 0 Å². The van der Waals surface area contributed by atoms with Crippen molar-refractivity contribution in [3.05, 3.63) is 24.0 Å². The number of rotatable bonds is 4. The van der Waals surface area contributed by atoms with E-state index in [0.29, 0.717) is 5.56 Å². The molecule has 0 atom stereocenters. The fraction of sp³-hybridized carbons (Fsp3) is 0.625. The lowest BCUT2D eigenvalue weighted by atomic mass is 9.95. The second kappa shape index (κ2) is 6.43. The zero-order valence-electron chi connectivity index (χ0n) is 12.4. The molecule has 2 saturated heterocycles. The Hall–Kier alpha value is -1.62. The summed E-state index contributed by atoms with van der Waals surface area (Å²) < 4.78 is 0. The van der Waals surface area contributed by atoms with E-state index in [1.807, 2.05) is 6.07 Å². The quantitative estimate of drug-likeness (QED) is 0.920. The highest BCUT2D eigenvalue weighted by Gasteiger charge is 2.25. The molecule has 1 aromatic heterocycles. The Balaban J connectivity index is 1.59. The molecule has 3 rings (SSSR count). The molecule has 0 aliphatic carbocycles. The summed E-state index contributed by atoms with van der Waals surface area (Å²) in [5, 5.41) is 9.26. The van der Waals surface area contributed by atoms with E-state index in [0.717, 1.165) is 37.5 Å². The van der Waals surface area contributed by atoms with E-state index in [4.69, 9.17) is 0 Å². The van der Waals surface area contributed by atoms with E-state index in [9.17, 15) is 9.90 Å². The van der Waals surface area contributed by atoms with Gasteiger partial charge in [-0.05, 0) is 50.8 Å². The minimum atomic E-state index is -0.891. The molecule has 5 heteroatoms. The zero-order chi connectivity index (χ0) is 14.7. The van der Waals surface area contributed by atoms with Gasteiger partial charge >= 0.3 is 5.97 Å². The summed E-state index contributed by atoms with van der Waals surface area (Å²) in [5.74, 6) is -0.133. The van der Waals surface area contributed by atoms with Crippen LogP contribution in [0.2, 0.25) is 0 Å². The number of piperidine rings is 1. The molecule has 0 aromatic carbocycles. The first kappa shape index (κ1) is 14.3. The number of likely N-dealkylation sites (tertiary alicyclic amines) is 1. The second-order valence-corrected chi connectivity index (χ2v) is 6.14. The van der Waals surface area contributed by atoms with E-state index in [-0.39, 0.29) is 0 Å². The van der Waals surface area contributed by atoms with E-state index in [1.54, 1.807) is 6.20 Å². The van der Waals surface area contributed by atoms with Gasteiger partial charge in [0.05, 0.1) is 5.69 Å². The lowest BCUT2D eigenvalue weighted by Crippen LogP contribution is -2.38. The minimum absolute atomic E-state index is 0.315. The number of hydrogen-bond acceptors (Lipinski definition) is 4. The van der Waals surface area contributed by atoms with Crippen LogP contribution in [0.15, 0.2) is 18.5 Å². The van der Waals surface area contributed by atoms with Crippen molar-refractivity contribution in [3.63, 3.8) is 0 Å². The number of aromatic nitrogens is 1. The van der Waals surface area contributed by atoms with Gasteiger partial charge in [-0.3, -0.25) is 4.98 Å². The second-order valence-electron chi connectivity index (χ2n) is 6.14. The molecule has 0 spiro atoms. The van der Waals surface area contributed by atoms with E-state index < -0.39 is 5.97 Å². The number of pyridine rings is 1. The number of nitrogens with zero attached hydrogens (tertiary/aromatic N) is 3. The van der Waals surface area contributed by atoms with Gasteiger partial charge in [-0.25, -0.2) is 4.79 Å². The normalized spacial score (nSPS) is 20.9. The molecule has 0 bridgehead atoms. The predicted octanol–water partition coefficient (Wildman–Crippen LogP) is 2.09. The van der Waals surface area contributed by atoms with Crippen LogP contribution in [0.4, 0.5) is 5.69 Å². The third kappa shape index (κ3) is 3.35. The Morgan fingerprint density at radius 1 is 1.24 bits per heavy atom. The predicted molar refractivity (Wildman–Crippen MR) is 81.8 cm³/mol. The zero-order valence-corrected chi connectivity index (χ0v) is 12.4. The van der Waals surface area contributed by atoms with E-state index in [1.165, 1.54) is 38.7 Å². The Bertz CT molecular complexity index is 492. The maximum Gasteiger partial charge on any atom is 0.339 e. The van der Waals surface area contributed by atoms with E-state index >= 15 is 0 Å². The average molecular weight is 289 g/mol. The molecule has 114 valence electrons. The molecule has 5 nitrogen and oxygen atoms in total. The molecule has 2 fully saturated rings. The van der Waals surface area contributed by atoms with Gasteiger partial charge in [0.25, 0.3) is 0 Å². The van der Waals surface area contributed by atoms with Crippen molar-refractivity contribution in [1.29, 1.82) is 0 Å². The molecule has 21 heavy (non-hydrogen) atoms. The topological polar surface area (TPSA) is 56.7 Å². The summed E-state index contributed by atoms with van der Waals surface area (Å²) >= 11 is 0. The molecule has 0 radical (unpaired) electrons. The summed E-state index contributed by atoms with van der Waals surface area (Å²) in [6, 6.07) is 1.82. The molecular formula is C16H23N3O2. The third-order valence-electron chi connectivity index (χ3n) is 4.70. The summed E-state index contributed by atoms with van der Waals surface area (Å²) in [6.45, 7) is 5.63. The summed E-state index contributed by atoms with van der Waals surface area (Å²) in [6.07, 6.45) is 8.12. The van der Waals surface area contributed by atoms with Crippen LogP contribution in [-0.4, -0.2) is 53.7 Å². The van der Waals surface area contributed by atoms with Crippen molar-refractivity contribution in [3.8, 4) is 0 Å². The van der Waals surface area contributed by atoms with Gasteiger partial charge in [-0.1, -0.05) is 0 Å². The molecule has 2 aliphatic rings. The lowest BCUT2D eigenvalue weighted by molar-refractivity contribution is 0.0697. The highest BCUT2D eigenvalue weighted by atomic mass is 16.4. The summed E-state index contributed by atoms with van der Waals surface area (Å²) in [5.41, 5.74) is 1.13. The Labute approximate surface area is 125 Å². The molecular weight excluding hydrogens is 266 g/mol. The Morgan fingerprint density at radius 3 is 2.62 bits per heavy atom. The standard InChI is InChI=1S/C16H23N3O2/c20-16(21)14-11-17-6-3-15(14)19-9-4-13(5-10-19)12-18-7-1-2-8-18/h3,6,11,13H,1-2,4-5,7-10,12H2,(H,20,21). The molecule has 2 aliphatic heterocycles. The van der Waals surface area contributed by atoms with Crippen LogP contribution in [0.1, 0.15) is 36.0 Å². The lowest BCUT2D eigenvalue weighted by Gasteiger charge is -2.35. The number of carboxylic acid groups (broad SMARTS) is 1. The number of hydrogen-bond donors (Lipinski definition) is 1. The molecule has 0 saturated carbocycles. The number of carboxylic acids is 1. The fourth-order valence-electron chi connectivity index (χ4n) is 3.51. The van der Waals surface area contributed by atoms with Crippen molar-refractivity contribution >= 4 is 11.7 Å². The number of carbonyl (C=O) groups is 1. The SMILES string of the molecule is O=C(O)c1cnccc1N1CCC(CN2CCCC2)CC1. The Morgan fingerprint density at radius 2 is 1.95 bits per heavy atom. The maximum atomic E-state index is 11.3. The van der Waals surface area contributed by atoms with Gasteiger partial charge in [-0.2, -0.15) is 0 Å². The highest BCUT2D eigenvalue weighted by Crippen LogP contribution is 2.27. The van der Waals surface area contributed by atoms with Crippen LogP contribution in [0, 0.1) is 5.92 Å². The van der Waals surface area contributed by atoms with Gasteiger partial charge in [0.1, 0.15) is 5.56 Å². The fourth-order valence-corrected chi connectivity index (χ4v) is 3.51. The van der Waals surface area contributed by atoms with Crippen molar-refractivity contribution < 1.29 is 9.90 Å². The van der Waals surface area contributed by atoms with Crippen LogP contribution < -0.4 is 4.90 Å². The van der Waals surface area contributed by atoms with Crippen LogP contribution in [0.25, 0.3) is 0 Å². The average Bonchev–Trinajstić information content (AvgIpc) is 3.01.